The van der Waals surface area contributed by atoms with Gasteiger partial charge in [-0.15, -0.1) is 0 Å². The Bertz CT molecular complexity index is 1260. The van der Waals surface area contributed by atoms with Crippen molar-refractivity contribution in [2.45, 2.75) is 57.9 Å². The van der Waals surface area contributed by atoms with Gasteiger partial charge in [0.2, 0.25) is 0 Å². The number of likely N-dealkylation sites (tertiary alicyclic amines) is 1. The van der Waals surface area contributed by atoms with Crippen LogP contribution in [0.15, 0.2) is 34.8 Å². The van der Waals surface area contributed by atoms with Gasteiger partial charge in [-0.1, -0.05) is 42.8 Å². The van der Waals surface area contributed by atoms with Gasteiger partial charge in [-0.2, -0.15) is 0 Å². The number of hydrogen-bond acceptors (Lipinski definition) is 3. The van der Waals surface area contributed by atoms with Gasteiger partial charge in [0.15, 0.2) is 5.78 Å². The Balaban J connectivity index is 1.42. The maximum atomic E-state index is 13.8. The smallest absolute Gasteiger partial charge is 0.195 e. The van der Waals surface area contributed by atoms with Crippen LogP contribution >= 0.6 is 15.9 Å². The number of aromatic amines is 1. The number of aryl methyl sites for hydroxylation is 1. The molecule has 1 N–H and O–H groups in total. The Morgan fingerprint density at radius 1 is 1.09 bits per heavy atom. The molecule has 0 bridgehead atoms. The van der Waals surface area contributed by atoms with E-state index in [4.69, 9.17) is 0 Å². The first-order chi connectivity index (χ1) is 15.9. The molecule has 2 saturated heterocycles. The van der Waals surface area contributed by atoms with Crippen molar-refractivity contribution in [3.63, 3.8) is 0 Å². The number of rotatable bonds is 3. The third-order valence-corrected chi connectivity index (χ3v) is 8.84. The van der Waals surface area contributed by atoms with E-state index in [2.05, 4.69) is 75.8 Å². The highest BCUT2D eigenvalue weighted by Crippen LogP contribution is 2.46. The van der Waals surface area contributed by atoms with Gasteiger partial charge in [-0.25, -0.2) is 0 Å². The molecule has 2 aliphatic heterocycles. The molecule has 0 spiro atoms. The fourth-order valence-electron chi connectivity index (χ4n) is 6.24. The molecular formula is C28H32BrN3O. The van der Waals surface area contributed by atoms with E-state index in [-0.39, 0.29) is 11.2 Å². The molecule has 5 heteroatoms. The van der Waals surface area contributed by atoms with Crippen molar-refractivity contribution in [2.75, 3.05) is 31.1 Å². The molecule has 0 atom stereocenters. The van der Waals surface area contributed by atoms with Gasteiger partial charge in [0, 0.05) is 56.9 Å². The average molecular weight is 506 g/mol. The fraction of sp³-hybridized carbons (Fsp3) is 0.464. The summed E-state index contributed by atoms with van der Waals surface area (Å²) in [6.07, 6.45) is 4.78. The summed E-state index contributed by atoms with van der Waals surface area (Å²) in [6, 6.07) is 11.5. The summed E-state index contributed by atoms with van der Waals surface area (Å²) in [4.78, 5) is 22.7. The molecule has 1 aromatic heterocycles. The topological polar surface area (TPSA) is 39.3 Å². The number of ketones is 1. The van der Waals surface area contributed by atoms with Crippen molar-refractivity contribution in [3.05, 3.63) is 62.8 Å². The standard InChI is InChI=1S/C28H32BrN3O/c1-4-17-14-21-22(16-24(17)32-12-8-19(9-13-32)31-10-5-11-31)28(2,3)27-25(26(21)33)20-7-6-18(29)15-23(20)30-27/h6-7,14-16,19,30H,4-5,8-13H2,1-3H3. The quantitative estimate of drug-likeness (QED) is 0.471. The minimum atomic E-state index is -0.263. The van der Waals surface area contributed by atoms with Crippen molar-refractivity contribution in [1.29, 1.82) is 0 Å². The number of halogens is 1. The molecule has 4 nitrogen and oxygen atoms in total. The number of benzene rings is 2. The lowest BCUT2D eigenvalue weighted by Crippen LogP contribution is -2.50. The predicted octanol–water partition coefficient (Wildman–Crippen LogP) is 6.04. The molecule has 33 heavy (non-hydrogen) atoms. The largest absolute Gasteiger partial charge is 0.371 e. The van der Waals surface area contributed by atoms with Crippen LogP contribution in [0.1, 0.15) is 72.8 Å². The zero-order valence-corrected chi connectivity index (χ0v) is 21.4. The fourth-order valence-corrected chi connectivity index (χ4v) is 6.60. The van der Waals surface area contributed by atoms with E-state index >= 15 is 0 Å². The third kappa shape index (κ3) is 3.23. The minimum Gasteiger partial charge on any atom is -0.371 e. The highest BCUT2D eigenvalue weighted by molar-refractivity contribution is 9.10. The lowest BCUT2D eigenvalue weighted by molar-refractivity contribution is 0.100. The summed E-state index contributed by atoms with van der Waals surface area (Å²) in [7, 11) is 0. The van der Waals surface area contributed by atoms with E-state index < -0.39 is 0 Å². The molecule has 0 amide bonds. The van der Waals surface area contributed by atoms with Crippen LogP contribution in [0.5, 0.6) is 0 Å². The van der Waals surface area contributed by atoms with Crippen LogP contribution in [0, 0.1) is 0 Å². The number of anilines is 1. The number of nitrogens with one attached hydrogen (secondary N) is 1. The SMILES string of the molecule is CCc1cc2c(cc1N1CCC(N3CCC3)CC1)C(C)(C)c1[nH]c3cc(Br)ccc3c1C2=O. The highest BCUT2D eigenvalue weighted by Gasteiger charge is 2.40. The second kappa shape index (κ2) is 7.71. The van der Waals surface area contributed by atoms with Crippen LogP contribution in [0.25, 0.3) is 10.9 Å². The Labute approximate surface area is 204 Å². The molecule has 6 rings (SSSR count). The number of nitrogens with zero attached hydrogens (tertiary/aromatic N) is 2. The first kappa shape index (κ1) is 21.4. The van der Waals surface area contributed by atoms with Crippen molar-refractivity contribution in [1.82, 2.24) is 9.88 Å². The molecule has 0 radical (unpaired) electrons. The minimum absolute atomic E-state index is 0.158. The Hall–Kier alpha value is -2.11. The van der Waals surface area contributed by atoms with Crippen molar-refractivity contribution in [2.24, 2.45) is 0 Å². The first-order valence-corrected chi connectivity index (χ1v) is 13.2. The summed E-state index contributed by atoms with van der Waals surface area (Å²) >= 11 is 3.58. The van der Waals surface area contributed by atoms with Crippen LogP contribution in [-0.4, -0.2) is 47.9 Å². The number of aromatic nitrogens is 1. The Morgan fingerprint density at radius 2 is 1.85 bits per heavy atom. The average Bonchev–Trinajstić information content (AvgIpc) is 3.16. The van der Waals surface area contributed by atoms with Gasteiger partial charge in [-0.05, 0) is 74.2 Å². The van der Waals surface area contributed by atoms with E-state index in [0.717, 1.165) is 63.3 Å². The first-order valence-electron chi connectivity index (χ1n) is 12.4. The molecule has 1 aliphatic carbocycles. The number of carbonyl (C=O) groups excluding carboxylic acids is 1. The highest BCUT2D eigenvalue weighted by atomic mass is 79.9. The van der Waals surface area contributed by atoms with Gasteiger partial charge in [0.1, 0.15) is 0 Å². The summed E-state index contributed by atoms with van der Waals surface area (Å²) in [5.41, 5.74) is 7.32. The van der Waals surface area contributed by atoms with E-state index in [1.54, 1.807) is 0 Å². The van der Waals surface area contributed by atoms with E-state index in [0.29, 0.717) is 0 Å². The Morgan fingerprint density at radius 3 is 2.52 bits per heavy atom. The lowest BCUT2D eigenvalue weighted by Gasteiger charge is -2.44. The second-order valence-corrected chi connectivity index (χ2v) is 11.4. The monoisotopic (exact) mass is 505 g/mol. The maximum Gasteiger partial charge on any atom is 0.195 e. The van der Waals surface area contributed by atoms with Gasteiger partial charge in [-0.3, -0.25) is 4.79 Å². The zero-order valence-electron chi connectivity index (χ0n) is 19.8. The van der Waals surface area contributed by atoms with Gasteiger partial charge in [0.05, 0.1) is 5.56 Å². The van der Waals surface area contributed by atoms with E-state index in [1.807, 2.05) is 6.07 Å². The van der Waals surface area contributed by atoms with Gasteiger partial charge >= 0.3 is 0 Å². The van der Waals surface area contributed by atoms with Crippen LogP contribution < -0.4 is 4.90 Å². The normalized spacial score (nSPS) is 20.6. The summed E-state index contributed by atoms with van der Waals surface area (Å²) < 4.78 is 1.02. The Kier molecular flexibility index (Phi) is 5.00. The van der Waals surface area contributed by atoms with Crippen molar-refractivity contribution >= 4 is 38.3 Å². The number of fused-ring (bicyclic) bond motifs is 4. The molecule has 2 aromatic carbocycles. The van der Waals surface area contributed by atoms with Crippen LogP contribution in [0.2, 0.25) is 0 Å². The second-order valence-electron chi connectivity index (χ2n) is 10.5. The number of piperidine rings is 1. The number of carbonyl (C=O) groups is 1. The van der Waals surface area contributed by atoms with Crippen molar-refractivity contribution < 1.29 is 4.79 Å². The molecule has 172 valence electrons. The van der Waals surface area contributed by atoms with Crippen LogP contribution in [0.3, 0.4) is 0 Å². The van der Waals surface area contributed by atoms with E-state index in [9.17, 15) is 4.79 Å². The molecule has 0 saturated carbocycles. The molecule has 3 aromatic rings. The van der Waals surface area contributed by atoms with Gasteiger partial charge < -0.3 is 14.8 Å². The molecule has 3 heterocycles. The zero-order chi connectivity index (χ0) is 22.9. The number of hydrogen-bond donors (Lipinski definition) is 1. The van der Waals surface area contributed by atoms with Gasteiger partial charge in [0.25, 0.3) is 0 Å². The molecular weight excluding hydrogens is 474 g/mol. The van der Waals surface area contributed by atoms with Crippen LogP contribution in [0.4, 0.5) is 5.69 Å². The predicted molar refractivity (Wildman–Crippen MR) is 139 cm³/mol. The number of H-pyrrole nitrogens is 1. The summed E-state index contributed by atoms with van der Waals surface area (Å²) in [5, 5.41) is 1.02. The molecule has 3 aliphatic rings. The molecule has 2 fully saturated rings. The van der Waals surface area contributed by atoms with Crippen molar-refractivity contribution in [3.8, 4) is 0 Å². The lowest BCUT2D eigenvalue weighted by atomic mass is 9.70. The van der Waals surface area contributed by atoms with Crippen LogP contribution in [-0.2, 0) is 11.8 Å². The third-order valence-electron chi connectivity index (χ3n) is 8.34. The maximum absolute atomic E-state index is 13.8. The summed E-state index contributed by atoms with van der Waals surface area (Å²) in [5.74, 6) is 0.158. The summed E-state index contributed by atoms with van der Waals surface area (Å²) in [6.45, 7) is 11.5. The molecule has 0 unspecified atom stereocenters. The van der Waals surface area contributed by atoms with E-state index in [1.165, 1.54) is 43.6 Å².